The Hall–Kier alpha value is -1.58. The number of rotatable bonds is 1. The molecular formula is C11H12N2O2. The summed E-state index contributed by atoms with van der Waals surface area (Å²) in [6.07, 6.45) is 4.58. The van der Waals surface area contributed by atoms with Gasteiger partial charge in [0, 0.05) is 24.8 Å². The Balaban J connectivity index is 1.98. The molecule has 2 heterocycles. The number of nitrogens with zero attached hydrogens (tertiary/aromatic N) is 2. The number of hydrogen-bond donors (Lipinski definition) is 1. The van der Waals surface area contributed by atoms with Crippen molar-refractivity contribution in [2.24, 2.45) is 0 Å². The van der Waals surface area contributed by atoms with Crippen LogP contribution in [0.15, 0.2) is 12.3 Å². The second-order valence-electron chi connectivity index (χ2n) is 4.18. The Kier molecular flexibility index (Phi) is 1.71. The predicted octanol–water partition coefficient (Wildman–Crippen LogP) is 0.948. The van der Waals surface area contributed by atoms with E-state index in [1.54, 1.807) is 6.07 Å². The van der Waals surface area contributed by atoms with Gasteiger partial charge in [0.05, 0.1) is 5.56 Å². The monoisotopic (exact) mass is 204 g/mol. The fourth-order valence-corrected chi connectivity index (χ4v) is 2.12. The van der Waals surface area contributed by atoms with E-state index in [9.17, 15) is 9.90 Å². The van der Waals surface area contributed by atoms with Crippen LogP contribution >= 0.6 is 0 Å². The largest absolute Gasteiger partial charge is 0.493 e. The van der Waals surface area contributed by atoms with Gasteiger partial charge in [-0.25, -0.2) is 4.98 Å². The van der Waals surface area contributed by atoms with Crippen molar-refractivity contribution in [1.82, 2.24) is 9.88 Å². The average Bonchev–Trinajstić information content (AvgIpc) is 3.01. The molecule has 0 saturated heterocycles. The quantitative estimate of drug-likeness (QED) is 0.741. The van der Waals surface area contributed by atoms with Gasteiger partial charge < -0.3 is 10.0 Å². The van der Waals surface area contributed by atoms with E-state index in [-0.39, 0.29) is 11.8 Å². The molecule has 0 spiro atoms. The zero-order valence-electron chi connectivity index (χ0n) is 8.31. The molecule has 0 atom stereocenters. The summed E-state index contributed by atoms with van der Waals surface area (Å²) in [6, 6.07) is 2.05. The predicted molar refractivity (Wildman–Crippen MR) is 53.7 cm³/mol. The molecule has 1 aliphatic heterocycles. The molecule has 0 radical (unpaired) electrons. The van der Waals surface area contributed by atoms with Crippen molar-refractivity contribution < 1.29 is 9.90 Å². The minimum atomic E-state index is 0.00132. The molecule has 1 saturated carbocycles. The number of amides is 1. The number of pyridine rings is 1. The highest BCUT2D eigenvalue weighted by Gasteiger charge is 2.36. The number of carbonyl (C=O) groups excluding carboxylic acids is 1. The molecule has 4 heteroatoms. The molecule has 0 aromatic carbocycles. The summed E-state index contributed by atoms with van der Waals surface area (Å²) >= 11 is 0. The van der Waals surface area contributed by atoms with Crippen LogP contribution in [-0.4, -0.2) is 33.5 Å². The highest BCUT2D eigenvalue weighted by Crippen LogP contribution is 2.31. The summed E-state index contributed by atoms with van der Waals surface area (Å²) < 4.78 is 0. The van der Waals surface area contributed by atoms with Crippen LogP contribution in [0.4, 0.5) is 0 Å². The molecule has 1 aliphatic carbocycles. The second-order valence-corrected chi connectivity index (χ2v) is 4.18. The van der Waals surface area contributed by atoms with Gasteiger partial charge in [0.15, 0.2) is 0 Å². The SMILES string of the molecule is O=C1c2cnc(O)cc2CCN1C1CC1. The Morgan fingerprint density at radius 3 is 3.00 bits per heavy atom. The maximum absolute atomic E-state index is 12.0. The summed E-state index contributed by atoms with van der Waals surface area (Å²) in [7, 11) is 0. The molecule has 0 bridgehead atoms. The first-order valence-corrected chi connectivity index (χ1v) is 5.24. The molecule has 4 nitrogen and oxygen atoms in total. The van der Waals surface area contributed by atoms with Gasteiger partial charge in [-0.3, -0.25) is 4.79 Å². The van der Waals surface area contributed by atoms with Crippen LogP contribution in [0.25, 0.3) is 0 Å². The van der Waals surface area contributed by atoms with E-state index < -0.39 is 0 Å². The molecule has 1 fully saturated rings. The van der Waals surface area contributed by atoms with E-state index in [1.807, 2.05) is 4.90 Å². The first-order chi connectivity index (χ1) is 7.25. The lowest BCUT2D eigenvalue weighted by atomic mass is 10.0. The number of hydrogen-bond acceptors (Lipinski definition) is 3. The van der Waals surface area contributed by atoms with Gasteiger partial charge >= 0.3 is 0 Å². The average molecular weight is 204 g/mol. The molecule has 2 aliphatic rings. The molecule has 1 aromatic heterocycles. The van der Waals surface area contributed by atoms with E-state index in [0.717, 1.165) is 31.4 Å². The van der Waals surface area contributed by atoms with Crippen LogP contribution in [0.5, 0.6) is 5.88 Å². The molecule has 1 amide bonds. The van der Waals surface area contributed by atoms with E-state index in [2.05, 4.69) is 4.98 Å². The zero-order chi connectivity index (χ0) is 10.4. The van der Waals surface area contributed by atoms with E-state index in [1.165, 1.54) is 6.20 Å². The molecule has 15 heavy (non-hydrogen) atoms. The maximum atomic E-state index is 12.0. The standard InChI is InChI=1S/C11H12N2O2/c14-10-5-7-3-4-13(8-1-2-8)11(15)9(7)6-12-10/h5-6,8H,1-4H2,(H,12,14). The topological polar surface area (TPSA) is 53.4 Å². The summed E-state index contributed by atoms with van der Waals surface area (Å²) in [5, 5.41) is 9.23. The van der Waals surface area contributed by atoms with Crippen LogP contribution < -0.4 is 0 Å². The maximum Gasteiger partial charge on any atom is 0.255 e. The second kappa shape index (κ2) is 2.95. The number of fused-ring (bicyclic) bond motifs is 1. The van der Waals surface area contributed by atoms with Gasteiger partial charge in [-0.2, -0.15) is 0 Å². The lowest BCUT2D eigenvalue weighted by Gasteiger charge is -2.28. The zero-order valence-corrected chi connectivity index (χ0v) is 8.31. The van der Waals surface area contributed by atoms with Crippen molar-refractivity contribution in [3.8, 4) is 5.88 Å². The summed E-state index contributed by atoms with van der Waals surface area (Å²) in [5.41, 5.74) is 1.58. The van der Waals surface area contributed by atoms with Crippen molar-refractivity contribution in [1.29, 1.82) is 0 Å². The van der Waals surface area contributed by atoms with Gasteiger partial charge in [-0.1, -0.05) is 0 Å². The minimum Gasteiger partial charge on any atom is -0.493 e. The number of carbonyl (C=O) groups is 1. The summed E-state index contributed by atoms with van der Waals surface area (Å²) in [4.78, 5) is 17.7. The smallest absolute Gasteiger partial charge is 0.255 e. The Morgan fingerprint density at radius 1 is 1.47 bits per heavy atom. The first kappa shape index (κ1) is 8.71. The van der Waals surface area contributed by atoms with Crippen LogP contribution in [0, 0.1) is 0 Å². The molecule has 1 aromatic rings. The fraction of sp³-hybridized carbons (Fsp3) is 0.455. The van der Waals surface area contributed by atoms with Crippen LogP contribution in [0.1, 0.15) is 28.8 Å². The van der Waals surface area contributed by atoms with Crippen LogP contribution in [0.2, 0.25) is 0 Å². The van der Waals surface area contributed by atoms with Crippen molar-refractivity contribution in [2.75, 3.05) is 6.54 Å². The first-order valence-electron chi connectivity index (χ1n) is 5.24. The van der Waals surface area contributed by atoms with Gasteiger partial charge in [-0.05, 0) is 24.8 Å². The van der Waals surface area contributed by atoms with Crippen LogP contribution in [0.3, 0.4) is 0 Å². The lowest BCUT2D eigenvalue weighted by molar-refractivity contribution is 0.0726. The fourth-order valence-electron chi connectivity index (χ4n) is 2.12. The number of aromatic hydroxyl groups is 1. The molecule has 78 valence electrons. The minimum absolute atomic E-state index is 0.00132. The van der Waals surface area contributed by atoms with Crippen molar-refractivity contribution in [3.63, 3.8) is 0 Å². The number of aromatic nitrogens is 1. The third kappa shape index (κ3) is 1.37. The van der Waals surface area contributed by atoms with Gasteiger partial charge in [-0.15, -0.1) is 0 Å². The van der Waals surface area contributed by atoms with Crippen molar-refractivity contribution >= 4 is 5.91 Å². The van der Waals surface area contributed by atoms with Gasteiger partial charge in [0.1, 0.15) is 0 Å². The lowest BCUT2D eigenvalue weighted by Crippen LogP contribution is -2.39. The van der Waals surface area contributed by atoms with Gasteiger partial charge in [0.2, 0.25) is 5.88 Å². The van der Waals surface area contributed by atoms with Crippen LogP contribution in [-0.2, 0) is 6.42 Å². The Morgan fingerprint density at radius 2 is 2.27 bits per heavy atom. The molecule has 0 unspecified atom stereocenters. The third-order valence-electron chi connectivity index (χ3n) is 3.08. The summed E-state index contributed by atoms with van der Waals surface area (Å²) in [5.74, 6) is 0.0765. The van der Waals surface area contributed by atoms with E-state index in [4.69, 9.17) is 0 Å². The highest BCUT2D eigenvalue weighted by atomic mass is 16.3. The molecule has 1 N–H and O–H groups in total. The molecule has 3 rings (SSSR count). The van der Waals surface area contributed by atoms with E-state index >= 15 is 0 Å². The van der Waals surface area contributed by atoms with Gasteiger partial charge in [0.25, 0.3) is 5.91 Å². The Bertz CT molecular complexity index is 427. The highest BCUT2D eigenvalue weighted by molar-refractivity contribution is 5.96. The van der Waals surface area contributed by atoms with E-state index in [0.29, 0.717) is 11.6 Å². The Labute approximate surface area is 87.5 Å². The summed E-state index contributed by atoms with van der Waals surface area (Å²) in [6.45, 7) is 0.778. The van der Waals surface area contributed by atoms with Crippen molar-refractivity contribution in [2.45, 2.75) is 25.3 Å². The normalized spacial score (nSPS) is 20.3. The third-order valence-corrected chi connectivity index (χ3v) is 3.08. The van der Waals surface area contributed by atoms with Crippen molar-refractivity contribution in [3.05, 3.63) is 23.4 Å². The molecular weight excluding hydrogens is 192 g/mol.